The van der Waals surface area contributed by atoms with E-state index in [9.17, 15) is 13.2 Å². The Morgan fingerprint density at radius 3 is 2.47 bits per heavy atom. The van der Waals surface area contributed by atoms with Gasteiger partial charge in [0.25, 0.3) is 0 Å². The Kier molecular flexibility index (Phi) is 6.83. The summed E-state index contributed by atoms with van der Waals surface area (Å²) in [5.74, 6) is 0.147. The molecule has 1 aliphatic rings. The molecule has 0 atom stereocenters. The molecule has 0 unspecified atom stereocenters. The number of carbonyl (C=O) groups is 1. The molecule has 1 amide bonds. The zero-order valence-corrected chi connectivity index (χ0v) is 19.9. The van der Waals surface area contributed by atoms with Crippen LogP contribution in [0.3, 0.4) is 0 Å². The molecule has 6 nitrogen and oxygen atoms in total. The highest BCUT2D eigenvalue weighted by atomic mass is 32.2. The van der Waals surface area contributed by atoms with Crippen LogP contribution >= 0.6 is 11.8 Å². The van der Waals surface area contributed by atoms with Crippen molar-refractivity contribution in [3.63, 3.8) is 0 Å². The number of benzene rings is 2. The standard InChI is InChI=1S/C24H27N3O3S2/c1-17-6-8-19(9-7-17)25-23(28)16-31-24-14-18(2)21-15-20(10-11-22(21)26-24)32(29,30)27-12-4-3-5-13-27/h6-11,14-15H,3-5,12-13,16H2,1-2H3,(H,25,28). The molecule has 32 heavy (non-hydrogen) atoms. The van der Waals surface area contributed by atoms with E-state index in [1.807, 2.05) is 44.2 Å². The Hall–Kier alpha value is -2.42. The second-order valence-corrected chi connectivity index (χ2v) is 11.1. The van der Waals surface area contributed by atoms with E-state index in [0.717, 1.165) is 52.0 Å². The number of nitrogens with one attached hydrogen (secondary N) is 1. The first-order chi connectivity index (χ1) is 15.3. The number of carbonyl (C=O) groups excluding carboxylic acids is 1. The molecule has 1 N–H and O–H groups in total. The molecule has 1 aliphatic heterocycles. The fourth-order valence-corrected chi connectivity index (χ4v) is 6.12. The van der Waals surface area contributed by atoms with E-state index in [0.29, 0.717) is 18.0 Å². The zero-order valence-electron chi connectivity index (χ0n) is 18.3. The molecule has 0 radical (unpaired) electrons. The van der Waals surface area contributed by atoms with Gasteiger partial charge in [0.15, 0.2) is 0 Å². The lowest BCUT2D eigenvalue weighted by Gasteiger charge is -2.26. The van der Waals surface area contributed by atoms with E-state index in [1.165, 1.54) is 11.8 Å². The van der Waals surface area contributed by atoms with Gasteiger partial charge in [-0.15, -0.1) is 0 Å². The van der Waals surface area contributed by atoms with Crippen molar-refractivity contribution in [1.82, 2.24) is 9.29 Å². The van der Waals surface area contributed by atoms with E-state index < -0.39 is 10.0 Å². The Morgan fingerprint density at radius 1 is 1.03 bits per heavy atom. The Balaban J connectivity index is 1.48. The molecule has 1 fully saturated rings. The van der Waals surface area contributed by atoms with E-state index in [1.54, 1.807) is 22.5 Å². The molecule has 2 aromatic carbocycles. The van der Waals surface area contributed by atoms with Crippen molar-refractivity contribution in [3.8, 4) is 0 Å². The number of amides is 1. The van der Waals surface area contributed by atoms with Crippen molar-refractivity contribution in [3.05, 3.63) is 59.7 Å². The molecule has 168 valence electrons. The minimum absolute atomic E-state index is 0.0959. The first-order valence-corrected chi connectivity index (χ1v) is 13.2. The van der Waals surface area contributed by atoms with Crippen LogP contribution in [0.4, 0.5) is 5.69 Å². The molecule has 0 aliphatic carbocycles. The maximum atomic E-state index is 13.0. The molecule has 4 rings (SSSR count). The number of nitrogens with zero attached hydrogens (tertiary/aromatic N) is 2. The monoisotopic (exact) mass is 469 g/mol. The number of aromatic nitrogens is 1. The van der Waals surface area contributed by atoms with Gasteiger partial charge in [0, 0.05) is 24.2 Å². The van der Waals surface area contributed by atoms with E-state index in [-0.39, 0.29) is 11.7 Å². The van der Waals surface area contributed by atoms with Gasteiger partial charge in [0.05, 0.1) is 21.2 Å². The fraction of sp³-hybridized carbons (Fsp3) is 0.333. The minimum Gasteiger partial charge on any atom is -0.325 e. The molecule has 0 spiro atoms. The molecule has 3 aromatic rings. The summed E-state index contributed by atoms with van der Waals surface area (Å²) in [5, 5.41) is 4.44. The van der Waals surface area contributed by atoms with Crippen molar-refractivity contribution < 1.29 is 13.2 Å². The number of anilines is 1. The lowest BCUT2D eigenvalue weighted by Crippen LogP contribution is -2.35. The maximum absolute atomic E-state index is 13.0. The third-order valence-electron chi connectivity index (χ3n) is 5.60. The average molecular weight is 470 g/mol. The summed E-state index contributed by atoms with van der Waals surface area (Å²) in [4.78, 5) is 17.2. The quantitative estimate of drug-likeness (QED) is 0.527. The van der Waals surface area contributed by atoms with Crippen LogP contribution in [0.25, 0.3) is 10.9 Å². The van der Waals surface area contributed by atoms with Crippen LogP contribution in [0.15, 0.2) is 58.5 Å². The van der Waals surface area contributed by atoms with Gasteiger partial charge in [-0.1, -0.05) is 35.9 Å². The van der Waals surface area contributed by atoms with Crippen LogP contribution in [-0.2, 0) is 14.8 Å². The summed E-state index contributed by atoms with van der Waals surface area (Å²) in [7, 11) is -3.49. The van der Waals surface area contributed by atoms with Crippen molar-refractivity contribution in [2.75, 3.05) is 24.2 Å². The summed E-state index contributed by atoms with van der Waals surface area (Å²) in [6, 6.07) is 14.7. The average Bonchev–Trinajstić information content (AvgIpc) is 2.79. The van der Waals surface area contributed by atoms with Crippen LogP contribution < -0.4 is 5.32 Å². The fourth-order valence-electron chi connectivity index (χ4n) is 3.80. The lowest BCUT2D eigenvalue weighted by molar-refractivity contribution is -0.113. The molecule has 2 heterocycles. The van der Waals surface area contributed by atoms with Crippen molar-refractivity contribution in [2.24, 2.45) is 0 Å². The van der Waals surface area contributed by atoms with Crippen LogP contribution in [0, 0.1) is 13.8 Å². The highest BCUT2D eigenvalue weighted by Gasteiger charge is 2.26. The predicted octanol–water partition coefficient (Wildman–Crippen LogP) is 4.76. The second kappa shape index (κ2) is 9.60. The first kappa shape index (κ1) is 22.8. The number of hydrogen-bond donors (Lipinski definition) is 1. The topological polar surface area (TPSA) is 79.4 Å². The van der Waals surface area contributed by atoms with Crippen molar-refractivity contribution >= 4 is 44.3 Å². The third-order valence-corrected chi connectivity index (χ3v) is 8.41. The first-order valence-electron chi connectivity index (χ1n) is 10.7. The van der Waals surface area contributed by atoms with Crippen molar-refractivity contribution in [2.45, 2.75) is 43.0 Å². The predicted molar refractivity (Wildman–Crippen MR) is 130 cm³/mol. The number of fused-ring (bicyclic) bond motifs is 1. The van der Waals surface area contributed by atoms with Gasteiger partial charge in [-0.05, 0) is 68.7 Å². The van der Waals surface area contributed by atoms with E-state index >= 15 is 0 Å². The van der Waals surface area contributed by atoms with Gasteiger partial charge < -0.3 is 5.32 Å². The summed E-state index contributed by atoms with van der Waals surface area (Å²) in [6.07, 6.45) is 2.90. The Labute approximate surface area is 193 Å². The molecule has 8 heteroatoms. The van der Waals surface area contributed by atoms with Crippen LogP contribution in [-0.4, -0.2) is 42.5 Å². The third kappa shape index (κ3) is 5.14. The highest BCUT2D eigenvalue weighted by molar-refractivity contribution is 7.99. The second-order valence-electron chi connectivity index (χ2n) is 8.12. The lowest BCUT2D eigenvalue weighted by atomic mass is 10.1. The Morgan fingerprint density at radius 2 is 1.75 bits per heavy atom. The zero-order chi connectivity index (χ0) is 22.7. The summed E-state index contributed by atoms with van der Waals surface area (Å²) < 4.78 is 27.6. The smallest absolute Gasteiger partial charge is 0.243 e. The van der Waals surface area contributed by atoms with Crippen LogP contribution in [0.1, 0.15) is 30.4 Å². The van der Waals surface area contributed by atoms with Gasteiger partial charge in [-0.25, -0.2) is 13.4 Å². The number of thioether (sulfide) groups is 1. The molecule has 1 aromatic heterocycles. The largest absolute Gasteiger partial charge is 0.325 e. The number of pyridine rings is 1. The van der Waals surface area contributed by atoms with Gasteiger partial charge in [-0.2, -0.15) is 4.31 Å². The normalized spacial score (nSPS) is 15.1. The number of sulfonamides is 1. The summed E-state index contributed by atoms with van der Waals surface area (Å²) in [5.41, 5.74) is 3.57. The minimum atomic E-state index is -3.49. The van der Waals surface area contributed by atoms with Gasteiger partial charge in [0.1, 0.15) is 0 Å². The molecule has 0 saturated carbocycles. The SMILES string of the molecule is Cc1ccc(NC(=O)CSc2cc(C)c3cc(S(=O)(=O)N4CCCCC4)ccc3n2)cc1. The number of rotatable bonds is 6. The maximum Gasteiger partial charge on any atom is 0.243 e. The van der Waals surface area contributed by atoms with Crippen LogP contribution in [0.2, 0.25) is 0 Å². The van der Waals surface area contributed by atoms with Gasteiger partial charge in [0.2, 0.25) is 15.9 Å². The van der Waals surface area contributed by atoms with Gasteiger partial charge >= 0.3 is 0 Å². The molecule has 0 bridgehead atoms. The summed E-state index contributed by atoms with van der Waals surface area (Å²) >= 11 is 1.36. The van der Waals surface area contributed by atoms with Gasteiger partial charge in [-0.3, -0.25) is 4.79 Å². The van der Waals surface area contributed by atoms with E-state index in [2.05, 4.69) is 10.3 Å². The number of piperidine rings is 1. The number of aryl methyl sites for hydroxylation is 2. The molecular weight excluding hydrogens is 442 g/mol. The molecule has 1 saturated heterocycles. The van der Waals surface area contributed by atoms with Crippen molar-refractivity contribution in [1.29, 1.82) is 0 Å². The van der Waals surface area contributed by atoms with E-state index in [4.69, 9.17) is 0 Å². The highest BCUT2D eigenvalue weighted by Crippen LogP contribution is 2.28. The summed E-state index contributed by atoms with van der Waals surface area (Å²) in [6.45, 7) is 5.11. The molecular formula is C24H27N3O3S2. The Bertz CT molecular complexity index is 1240. The van der Waals surface area contributed by atoms with Crippen LogP contribution in [0.5, 0.6) is 0 Å². The number of hydrogen-bond acceptors (Lipinski definition) is 5.